The number of ketones is 1. The van der Waals surface area contributed by atoms with E-state index in [9.17, 15) is 4.79 Å². The van der Waals surface area contributed by atoms with E-state index in [4.69, 9.17) is 4.74 Å². The summed E-state index contributed by atoms with van der Waals surface area (Å²) in [4.78, 5) is 19.4. The predicted molar refractivity (Wildman–Crippen MR) is 70.6 cm³/mol. The molecule has 0 atom stereocenters. The van der Waals surface area contributed by atoms with E-state index in [0.29, 0.717) is 29.1 Å². The molecule has 0 aromatic carbocycles. The molecule has 0 saturated carbocycles. The van der Waals surface area contributed by atoms with E-state index in [1.165, 1.54) is 18.3 Å². The lowest BCUT2D eigenvalue weighted by Crippen LogP contribution is -2.03. The first-order valence-electron chi connectivity index (χ1n) is 5.55. The molecule has 0 unspecified atom stereocenters. The van der Waals surface area contributed by atoms with Crippen LogP contribution in [-0.2, 0) is 6.54 Å². The molecule has 8 heteroatoms. The van der Waals surface area contributed by atoms with Gasteiger partial charge in [0, 0.05) is 13.0 Å². The van der Waals surface area contributed by atoms with Crippen LogP contribution in [-0.4, -0.2) is 33.1 Å². The second-order valence-electron chi connectivity index (χ2n) is 3.75. The summed E-state index contributed by atoms with van der Waals surface area (Å²) >= 11 is 1.27. The van der Waals surface area contributed by atoms with Crippen LogP contribution in [0.4, 0.5) is 5.82 Å². The number of carbonyl (C=O) groups excluding carboxylic acids is 1. The largest absolute Gasteiger partial charge is 0.481 e. The Hall–Kier alpha value is -2.09. The van der Waals surface area contributed by atoms with Crippen molar-refractivity contribution in [3.8, 4) is 5.88 Å². The molecule has 0 aliphatic carbocycles. The number of aryl methyl sites for hydroxylation is 1. The predicted octanol–water partition coefficient (Wildman–Crippen LogP) is 1.46. The van der Waals surface area contributed by atoms with E-state index < -0.39 is 0 Å². The van der Waals surface area contributed by atoms with Gasteiger partial charge >= 0.3 is 0 Å². The van der Waals surface area contributed by atoms with Gasteiger partial charge in [0.25, 0.3) is 0 Å². The Morgan fingerprint density at radius 2 is 2.21 bits per heavy atom. The van der Waals surface area contributed by atoms with Crippen molar-refractivity contribution in [1.82, 2.24) is 20.2 Å². The molecule has 0 spiro atoms. The van der Waals surface area contributed by atoms with Gasteiger partial charge in [0.05, 0.1) is 13.7 Å². The van der Waals surface area contributed by atoms with Gasteiger partial charge in [-0.2, -0.15) is 4.98 Å². The Morgan fingerprint density at radius 3 is 2.84 bits per heavy atom. The van der Waals surface area contributed by atoms with Crippen LogP contribution in [0.2, 0.25) is 0 Å². The fourth-order valence-electron chi connectivity index (χ4n) is 1.37. The smallest absolute Gasteiger partial charge is 0.218 e. The Morgan fingerprint density at radius 1 is 1.42 bits per heavy atom. The highest BCUT2D eigenvalue weighted by molar-refractivity contribution is 7.13. The molecule has 0 aliphatic heterocycles. The zero-order valence-electron chi connectivity index (χ0n) is 10.8. The Kier molecular flexibility index (Phi) is 4.00. The monoisotopic (exact) mass is 279 g/mol. The molecule has 0 amide bonds. The first-order valence-corrected chi connectivity index (χ1v) is 6.37. The number of anilines is 1. The van der Waals surface area contributed by atoms with Crippen molar-refractivity contribution in [3.05, 3.63) is 21.9 Å². The van der Waals surface area contributed by atoms with Gasteiger partial charge in [0.1, 0.15) is 16.6 Å². The minimum Gasteiger partial charge on any atom is -0.481 e. The molecule has 2 aromatic heterocycles. The van der Waals surface area contributed by atoms with E-state index in [0.717, 1.165) is 5.01 Å². The Labute approximate surface area is 114 Å². The molecule has 0 aliphatic rings. The highest BCUT2D eigenvalue weighted by atomic mass is 32.1. The van der Waals surface area contributed by atoms with Crippen molar-refractivity contribution >= 4 is 22.9 Å². The van der Waals surface area contributed by atoms with E-state index >= 15 is 0 Å². The number of nitrogens with zero attached hydrogens (tertiary/aromatic N) is 4. The van der Waals surface area contributed by atoms with Gasteiger partial charge < -0.3 is 10.1 Å². The van der Waals surface area contributed by atoms with Crippen molar-refractivity contribution < 1.29 is 9.53 Å². The molecule has 2 rings (SSSR count). The topological polar surface area (TPSA) is 89.9 Å². The number of aromatic nitrogens is 4. The fraction of sp³-hybridized carbons (Fsp3) is 0.364. The first-order chi connectivity index (χ1) is 9.08. The van der Waals surface area contributed by atoms with Gasteiger partial charge in [-0.15, -0.1) is 10.2 Å². The molecule has 1 N–H and O–H groups in total. The normalized spacial score (nSPS) is 10.3. The lowest BCUT2D eigenvalue weighted by molar-refractivity contribution is 0.101. The van der Waals surface area contributed by atoms with Gasteiger partial charge in [-0.3, -0.25) is 4.79 Å². The van der Waals surface area contributed by atoms with E-state index in [-0.39, 0.29) is 5.78 Å². The second-order valence-corrected chi connectivity index (χ2v) is 4.82. The molecule has 2 heterocycles. The first kappa shape index (κ1) is 13.3. The van der Waals surface area contributed by atoms with E-state index in [2.05, 4.69) is 25.5 Å². The highest BCUT2D eigenvalue weighted by Gasteiger charge is 2.08. The summed E-state index contributed by atoms with van der Waals surface area (Å²) in [5.41, 5.74) is 0. The van der Waals surface area contributed by atoms with E-state index in [1.807, 2.05) is 0 Å². The number of hydrogen-bond acceptors (Lipinski definition) is 8. The number of hydrogen-bond donors (Lipinski definition) is 1. The fourth-order valence-corrected chi connectivity index (χ4v) is 2.04. The molecule has 100 valence electrons. The van der Waals surface area contributed by atoms with Crippen LogP contribution < -0.4 is 10.1 Å². The van der Waals surface area contributed by atoms with Crippen molar-refractivity contribution in [1.29, 1.82) is 0 Å². The number of rotatable bonds is 5. The second kappa shape index (κ2) is 5.70. The van der Waals surface area contributed by atoms with Crippen LogP contribution in [0.15, 0.2) is 6.07 Å². The third-order valence-electron chi connectivity index (χ3n) is 2.21. The van der Waals surface area contributed by atoms with Crippen molar-refractivity contribution in [2.75, 3.05) is 12.4 Å². The quantitative estimate of drug-likeness (QED) is 0.828. The molecule has 7 nitrogen and oxygen atoms in total. The van der Waals surface area contributed by atoms with Crippen LogP contribution >= 0.6 is 11.3 Å². The van der Waals surface area contributed by atoms with Gasteiger partial charge in [-0.25, -0.2) is 4.98 Å². The molecule has 0 saturated heterocycles. The number of nitrogens with one attached hydrogen (secondary N) is 1. The summed E-state index contributed by atoms with van der Waals surface area (Å²) in [6.45, 7) is 3.70. The SMILES string of the molecule is COc1cc(NCc2nnc(C(C)=O)s2)nc(C)n1. The van der Waals surface area contributed by atoms with Gasteiger partial charge in [-0.1, -0.05) is 11.3 Å². The summed E-state index contributed by atoms with van der Waals surface area (Å²) in [5, 5.41) is 12.0. The minimum absolute atomic E-state index is 0.0803. The van der Waals surface area contributed by atoms with E-state index in [1.54, 1.807) is 20.1 Å². The summed E-state index contributed by atoms with van der Waals surface area (Å²) in [5.74, 6) is 1.67. The van der Waals surface area contributed by atoms with Gasteiger partial charge in [-0.05, 0) is 6.92 Å². The average Bonchev–Trinajstić information content (AvgIpc) is 2.84. The third-order valence-corrected chi connectivity index (χ3v) is 3.24. The molecule has 2 aromatic rings. The average molecular weight is 279 g/mol. The minimum atomic E-state index is -0.0803. The Bertz CT molecular complexity index is 599. The van der Waals surface area contributed by atoms with Crippen LogP contribution in [0.25, 0.3) is 0 Å². The number of Topliss-reactive ketones (excluding diaryl/α,β-unsaturated/α-hetero) is 1. The maximum Gasteiger partial charge on any atom is 0.218 e. The molecule has 0 fully saturated rings. The maximum absolute atomic E-state index is 11.1. The maximum atomic E-state index is 11.1. The molecular weight excluding hydrogens is 266 g/mol. The van der Waals surface area contributed by atoms with Crippen molar-refractivity contribution in [3.63, 3.8) is 0 Å². The van der Waals surface area contributed by atoms with Crippen LogP contribution in [0, 0.1) is 6.92 Å². The summed E-state index contributed by atoms with van der Waals surface area (Å²) in [6.07, 6.45) is 0. The van der Waals surface area contributed by atoms with Crippen molar-refractivity contribution in [2.45, 2.75) is 20.4 Å². The summed E-state index contributed by atoms with van der Waals surface area (Å²) < 4.78 is 5.06. The molecule has 0 radical (unpaired) electrons. The summed E-state index contributed by atoms with van der Waals surface area (Å²) in [7, 11) is 1.55. The highest BCUT2D eigenvalue weighted by Crippen LogP contribution is 2.15. The zero-order valence-corrected chi connectivity index (χ0v) is 11.6. The van der Waals surface area contributed by atoms with Crippen LogP contribution in [0.1, 0.15) is 27.6 Å². The molecule has 19 heavy (non-hydrogen) atoms. The van der Waals surface area contributed by atoms with Crippen molar-refractivity contribution in [2.24, 2.45) is 0 Å². The molecule has 0 bridgehead atoms. The summed E-state index contributed by atoms with van der Waals surface area (Å²) in [6, 6.07) is 1.69. The van der Waals surface area contributed by atoms with Gasteiger partial charge in [0.15, 0.2) is 10.8 Å². The standard InChI is InChI=1S/C11H13N5O2S/c1-6(17)11-16-15-10(19-11)5-12-8-4-9(18-3)14-7(2)13-8/h4H,5H2,1-3H3,(H,12,13,14). The zero-order chi connectivity index (χ0) is 13.8. The lowest BCUT2D eigenvalue weighted by Gasteiger charge is -2.06. The number of carbonyl (C=O) groups is 1. The van der Waals surface area contributed by atoms with Crippen LogP contribution in [0.5, 0.6) is 5.88 Å². The van der Waals surface area contributed by atoms with Crippen LogP contribution in [0.3, 0.4) is 0 Å². The molecular formula is C11H13N5O2S. The lowest BCUT2D eigenvalue weighted by atomic mass is 10.5. The number of methoxy groups -OCH3 is 1. The number of ether oxygens (including phenoxy) is 1. The van der Waals surface area contributed by atoms with Gasteiger partial charge in [0.2, 0.25) is 5.88 Å². The Balaban J connectivity index is 2.05. The third kappa shape index (κ3) is 3.44.